The van der Waals surface area contributed by atoms with Crippen LogP contribution < -0.4 is 4.90 Å². The quantitative estimate of drug-likeness (QED) is 0.155. The van der Waals surface area contributed by atoms with Crippen LogP contribution in [-0.2, 0) is 5.41 Å². The number of para-hydroxylation sites is 1. The molecule has 0 N–H and O–H groups in total. The maximum absolute atomic E-state index is 13.0. The molecule has 4 aromatic carbocycles. The predicted molar refractivity (Wildman–Crippen MR) is 175 cm³/mol. The van der Waals surface area contributed by atoms with Gasteiger partial charge >= 0.3 is 0 Å². The van der Waals surface area contributed by atoms with E-state index >= 15 is 0 Å². The molecule has 0 saturated carbocycles. The third-order valence-electron chi connectivity index (χ3n) is 8.64. The fraction of sp³-hybridized carbons (Fsp3) is 0.0789. The third kappa shape index (κ3) is 3.93. The fourth-order valence-corrected chi connectivity index (χ4v) is 7.66. The topological polar surface area (TPSA) is 50.3 Å². The Hall–Kier alpha value is -5.13. The minimum Gasteiger partial charge on any atom is -0.309 e. The highest BCUT2D eigenvalue weighted by Crippen LogP contribution is 2.53. The molecule has 4 nitrogen and oxygen atoms in total. The van der Waals surface area contributed by atoms with E-state index in [9.17, 15) is 9.59 Å². The fourth-order valence-electron chi connectivity index (χ4n) is 6.39. The zero-order valence-corrected chi connectivity index (χ0v) is 24.5. The van der Waals surface area contributed by atoms with E-state index in [1.165, 1.54) is 10.8 Å². The molecule has 2 aliphatic carbocycles. The number of fused-ring (bicyclic) bond motifs is 5. The normalized spacial score (nSPS) is 14.5. The SMILES string of the molecule is CC1(C)c2cc(N(c3ccccc3)c3ccc4ccccc4c3)cnc2-c2sc(C=C3C(=O)c4ccccc4C3=O)cc21. The second-order valence-corrected chi connectivity index (χ2v) is 12.7. The largest absolute Gasteiger partial charge is 0.309 e. The number of hydrogen-bond donors (Lipinski definition) is 0. The minimum absolute atomic E-state index is 0.203. The number of Topliss-reactive ketones (excluding diaryl/α,β-unsaturated/α-hetero) is 2. The minimum atomic E-state index is -0.306. The lowest BCUT2D eigenvalue weighted by Crippen LogP contribution is -2.17. The standard InChI is InChI=1S/C38H26N2O2S/c1-38(2)32-19-27(40(25-12-4-3-5-13-25)26-17-16-23-10-6-7-11-24(23)18-26)22-39-34(32)37-33(38)21-28(43-37)20-31-35(41)29-14-8-9-15-30(29)36(31)42/h3-22H,1-2H3. The summed E-state index contributed by atoms with van der Waals surface area (Å²) in [5.74, 6) is -0.405. The first-order valence-corrected chi connectivity index (χ1v) is 15.1. The van der Waals surface area contributed by atoms with Gasteiger partial charge in [-0.1, -0.05) is 86.6 Å². The average molecular weight is 575 g/mol. The number of ketones is 2. The van der Waals surface area contributed by atoms with Gasteiger partial charge in [-0.05, 0) is 64.4 Å². The maximum atomic E-state index is 13.0. The van der Waals surface area contributed by atoms with E-state index in [0.29, 0.717) is 11.1 Å². The number of benzene rings is 4. The van der Waals surface area contributed by atoms with Crippen molar-refractivity contribution in [2.75, 3.05) is 4.90 Å². The number of nitrogens with zero attached hydrogens (tertiary/aromatic N) is 2. The summed E-state index contributed by atoms with van der Waals surface area (Å²) >= 11 is 1.59. The van der Waals surface area contributed by atoms with Crippen LogP contribution in [0.5, 0.6) is 0 Å². The molecule has 0 amide bonds. The first-order chi connectivity index (χ1) is 20.9. The molecule has 0 saturated heterocycles. The van der Waals surface area contributed by atoms with E-state index in [-0.39, 0.29) is 22.6 Å². The summed E-state index contributed by atoms with van der Waals surface area (Å²) in [7, 11) is 0. The van der Waals surface area contributed by atoms with Gasteiger partial charge in [-0.15, -0.1) is 11.3 Å². The first kappa shape index (κ1) is 25.6. The number of anilines is 3. The van der Waals surface area contributed by atoms with Gasteiger partial charge in [0, 0.05) is 32.8 Å². The van der Waals surface area contributed by atoms with Crippen LogP contribution >= 0.6 is 11.3 Å². The molecule has 2 aromatic heterocycles. The van der Waals surface area contributed by atoms with Crippen molar-refractivity contribution in [2.45, 2.75) is 19.3 Å². The van der Waals surface area contributed by atoms with Gasteiger partial charge in [-0.3, -0.25) is 14.6 Å². The number of allylic oxidation sites excluding steroid dienone is 1. The molecule has 6 aromatic rings. The van der Waals surface area contributed by atoms with E-state index in [1.807, 2.05) is 12.3 Å². The van der Waals surface area contributed by atoms with Gasteiger partial charge in [0.05, 0.1) is 28.0 Å². The molecule has 0 aliphatic heterocycles. The van der Waals surface area contributed by atoms with Crippen LogP contribution in [0.15, 0.2) is 121 Å². The molecule has 0 radical (unpaired) electrons. The van der Waals surface area contributed by atoms with Crippen LogP contribution in [0.25, 0.3) is 27.4 Å². The molecule has 206 valence electrons. The van der Waals surface area contributed by atoms with Crippen molar-refractivity contribution >= 4 is 56.8 Å². The van der Waals surface area contributed by atoms with E-state index in [0.717, 1.165) is 43.6 Å². The van der Waals surface area contributed by atoms with Gasteiger partial charge in [0.2, 0.25) is 0 Å². The van der Waals surface area contributed by atoms with Crippen LogP contribution in [0.3, 0.4) is 0 Å². The van der Waals surface area contributed by atoms with Gasteiger partial charge in [-0.25, -0.2) is 0 Å². The molecular formula is C38H26N2O2S. The van der Waals surface area contributed by atoms with Crippen molar-refractivity contribution in [3.05, 3.63) is 148 Å². The second kappa shape index (κ2) is 9.45. The summed E-state index contributed by atoms with van der Waals surface area (Å²) in [6.07, 6.45) is 3.71. The number of aromatic nitrogens is 1. The molecule has 8 rings (SSSR count). The number of rotatable bonds is 4. The highest BCUT2D eigenvalue weighted by atomic mass is 32.1. The highest BCUT2D eigenvalue weighted by Gasteiger charge is 2.40. The van der Waals surface area contributed by atoms with Crippen LogP contribution in [-0.4, -0.2) is 16.6 Å². The maximum Gasteiger partial charge on any atom is 0.197 e. The molecular weight excluding hydrogens is 548 g/mol. The van der Waals surface area contributed by atoms with Crippen LogP contribution in [0.4, 0.5) is 17.1 Å². The predicted octanol–water partition coefficient (Wildman–Crippen LogP) is 9.53. The summed E-state index contributed by atoms with van der Waals surface area (Å²) in [5.41, 5.74) is 7.29. The third-order valence-corrected chi connectivity index (χ3v) is 9.73. The Morgan fingerprint density at radius 2 is 1.35 bits per heavy atom. The molecule has 2 aliphatic rings. The Morgan fingerprint density at radius 3 is 2.09 bits per heavy atom. The van der Waals surface area contributed by atoms with Gasteiger partial charge in [0.1, 0.15) is 0 Å². The summed E-state index contributed by atoms with van der Waals surface area (Å²) in [5, 5.41) is 2.38. The Labute approximate surface area is 253 Å². The summed E-state index contributed by atoms with van der Waals surface area (Å²) in [4.78, 5) is 35.3. The number of thiophene rings is 1. The van der Waals surface area contributed by atoms with Gasteiger partial charge in [0.15, 0.2) is 11.6 Å². The molecule has 0 bridgehead atoms. The van der Waals surface area contributed by atoms with Crippen molar-refractivity contribution in [3.63, 3.8) is 0 Å². The number of hydrogen-bond acceptors (Lipinski definition) is 5. The van der Waals surface area contributed by atoms with Gasteiger partial charge in [0.25, 0.3) is 0 Å². The Bertz CT molecular complexity index is 2120. The van der Waals surface area contributed by atoms with E-state index in [1.54, 1.807) is 41.7 Å². The Morgan fingerprint density at radius 1 is 0.674 bits per heavy atom. The van der Waals surface area contributed by atoms with Gasteiger partial charge in [-0.2, -0.15) is 0 Å². The molecule has 0 spiro atoms. The highest BCUT2D eigenvalue weighted by molar-refractivity contribution is 7.16. The average Bonchev–Trinajstić information content (AvgIpc) is 3.63. The summed E-state index contributed by atoms with van der Waals surface area (Å²) < 4.78 is 0. The molecule has 2 heterocycles. The van der Waals surface area contributed by atoms with Crippen molar-refractivity contribution in [1.29, 1.82) is 0 Å². The van der Waals surface area contributed by atoms with Crippen LogP contribution in [0.1, 0.15) is 50.6 Å². The molecule has 5 heteroatoms. The lowest BCUT2D eigenvalue weighted by atomic mass is 9.83. The van der Waals surface area contributed by atoms with Crippen molar-refractivity contribution < 1.29 is 9.59 Å². The lowest BCUT2D eigenvalue weighted by molar-refractivity contribution is 0.0990. The van der Waals surface area contributed by atoms with Crippen molar-refractivity contribution in [2.24, 2.45) is 0 Å². The zero-order chi connectivity index (χ0) is 29.3. The number of carbonyl (C=O) groups excluding carboxylic acids is 2. The van der Waals surface area contributed by atoms with Gasteiger partial charge < -0.3 is 4.90 Å². The number of pyridine rings is 1. The molecule has 43 heavy (non-hydrogen) atoms. The molecule has 0 unspecified atom stereocenters. The molecule has 0 atom stereocenters. The zero-order valence-electron chi connectivity index (χ0n) is 23.7. The number of carbonyl (C=O) groups is 2. The molecule has 0 fully saturated rings. The smallest absolute Gasteiger partial charge is 0.197 e. The Kier molecular flexibility index (Phi) is 5.62. The van der Waals surface area contributed by atoms with E-state index in [4.69, 9.17) is 4.98 Å². The van der Waals surface area contributed by atoms with E-state index < -0.39 is 0 Å². The Balaban J connectivity index is 1.21. The van der Waals surface area contributed by atoms with E-state index in [2.05, 4.69) is 97.6 Å². The first-order valence-electron chi connectivity index (χ1n) is 14.3. The monoisotopic (exact) mass is 574 g/mol. The lowest BCUT2D eigenvalue weighted by Gasteiger charge is -2.27. The van der Waals surface area contributed by atoms with Crippen LogP contribution in [0.2, 0.25) is 0 Å². The van der Waals surface area contributed by atoms with Crippen molar-refractivity contribution in [1.82, 2.24) is 4.98 Å². The second-order valence-electron chi connectivity index (χ2n) is 11.6. The van der Waals surface area contributed by atoms with Crippen molar-refractivity contribution in [3.8, 4) is 10.6 Å². The summed E-state index contributed by atoms with van der Waals surface area (Å²) in [6.45, 7) is 4.44. The van der Waals surface area contributed by atoms with Crippen LogP contribution in [0, 0.1) is 0 Å². The summed E-state index contributed by atoms with van der Waals surface area (Å²) in [6, 6.07) is 36.8.